The predicted molar refractivity (Wildman–Crippen MR) is 134 cm³/mol. The number of rotatable bonds is 6. The number of halogens is 1. The maximum absolute atomic E-state index is 13.0. The van der Waals surface area contributed by atoms with Crippen LogP contribution in [0.3, 0.4) is 0 Å². The number of amides is 2. The molecule has 3 aromatic carbocycles. The molecule has 0 aliphatic carbocycles. The van der Waals surface area contributed by atoms with Crippen LogP contribution in [0.5, 0.6) is 0 Å². The molecule has 3 aromatic rings. The zero-order valence-corrected chi connectivity index (χ0v) is 20.3. The molecule has 0 saturated carbocycles. The molecule has 0 aromatic heterocycles. The van der Waals surface area contributed by atoms with Crippen LogP contribution >= 0.6 is 11.6 Å². The number of nitrogens with one attached hydrogen (secondary N) is 2. The van der Waals surface area contributed by atoms with Gasteiger partial charge < -0.3 is 10.2 Å². The normalized spacial score (nSPS) is 13.7. The van der Waals surface area contributed by atoms with Crippen molar-refractivity contribution in [2.45, 2.75) is 31.6 Å². The van der Waals surface area contributed by atoms with Crippen LogP contribution in [0.25, 0.3) is 0 Å². The van der Waals surface area contributed by atoms with E-state index in [1.807, 2.05) is 19.1 Å². The van der Waals surface area contributed by atoms with Crippen LogP contribution in [-0.4, -0.2) is 26.8 Å². The van der Waals surface area contributed by atoms with E-state index in [1.165, 1.54) is 18.2 Å². The lowest BCUT2D eigenvalue weighted by Crippen LogP contribution is -2.23. The highest BCUT2D eigenvalue weighted by atomic mass is 35.5. The monoisotopic (exact) mass is 497 g/mol. The Morgan fingerprint density at radius 2 is 1.74 bits per heavy atom. The van der Waals surface area contributed by atoms with E-state index in [0.29, 0.717) is 24.3 Å². The highest BCUT2D eigenvalue weighted by Crippen LogP contribution is 2.28. The van der Waals surface area contributed by atoms with Crippen molar-refractivity contribution in [3.8, 4) is 0 Å². The number of nitrogens with zero attached hydrogens (tertiary/aromatic N) is 1. The first kappa shape index (κ1) is 23.8. The van der Waals surface area contributed by atoms with E-state index in [4.69, 9.17) is 11.6 Å². The van der Waals surface area contributed by atoms with Gasteiger partial charge in [0.2, 0.25) is 5.91 Å². The number of hydrogen-bond donors (Lipinski definition) is 2. The largest absolute Gasteiger partial charge is 0.322 e. The molecule has 0 unspecified atom stereocenters. The van der Waals surface area contributed by atoms with Gasteiger partial charge in [-0.1, -0.05) is 23.7 Å². The second-order valence-corrected chi connectivity index (χ2v) is 10.3. The Morgan fingerprint density at radius 1 is 1.00 bits per heavy atom. The first-order chi connectivity index (χ1) is 16.1. The summed E-state index contributed by atoms with van der Waals surface area (Å²) in [5.41, 5.74) is 3.55. The number of benzene rings is 3. The summed E-state index contributed by atoms with van der Waals surface area (Å²) in [6.45, 7) is 4.35. The molecule has 0 atom stereocenters. The van der Waals surface area contributed by atoms with Gasteiger partial charge in [-0.15, -0.1) is 0 Å². The SMILES string of the molecule is Cc1ccc(C)c(NS(=O)(=O)c2cc(C(=O)Nc3ccc(N4CCCC4=O)cc3)ccc2Cl)c1. The van der Waals surface area contributed by atoms with Crippen molar-refractivity contribution < 1.29 is 18.0 Å². The third kappa shape index (κ3) is 5.08. The van der Waals surface area contributed by atoms with E-state index in [-0.39, 0.29) is 21.4 Å². The molecule has 1 aliphatic heterocycles. The maximum atomic E-state index is 13.0. The average molecular weight is 498 g/mol. The van der Waals surface area contributed by atoms with Gasteiger partial charge >= 0.3 is 0 Å². The molecule has 1 aliphatic rings. The van der Waals surface area contributed by atoms with E-state index in [2.05, 4.69) is 10.0 Å². The lowest BCUT2D eigenvalue weighted by Gasteiger charge is -2.16. The van der Waals surface area contributed by atoms with Crippen LogP contribution < -0.4 is 14.9 Å². The van der Waals surface area contributed by atoms with Crippen molar-refractivity contribution in [2.75, 3.05) is 21.5 Å². The topological polar surface area (TPSA) is 95.6 Å². The Balaban J connectivity index is 1.53. The second-order valence-electron chi connectivity index (χ2n) is 8.22. The summed E-state index contributed by atoms with van der Waals surface area (Å²) in [6, 6.07) is 16.5. The number of hydrogen-bond acceptors (Lipinski definition) is 4. The number of sulfonamides is 1. The van der Waals surface area contributed by atoms with E-state index in [0.717, 1.165) is 23.2 Å². The van der Waals surface area contributed by atoms with Gasteiger partial charge in [0.05, 0.1) is 10.7 Å². The van der Waals surface area contributed by atoms with Crippen molar-refractivity contribution in [3.05, 3.63) is 82.4 Å². The van der Waals surface area contributed by atoms with Gasteiger partial charge in [0.1, 0.15) is 4.90 Å². The molecule has 0 spiro atoms. The molecule has 0 bridgehead atoms. The predicted octanol–water partition coefficient (Wildman–Crippen LogP) is 5.14. The summed E-state index contributed by atoms with van der Waals surface area (Å²) in [5.74, 6) is -0.397. The highest BCUT2D eigenvalue weighted by molar-refractivity contribution is 7.92. The summed E-state index contributed by atoms with van der Waals surface area (Å²) in [6.07, 6.45) is 1.37. The molecule has 1 heterocycles. The molecule has 4 rings (SSSR count). The zero-order valence-electron chi connectivity index (χ0n) is 18.8. The van der Waals surface area contributed by atoms with Gasteiger partial charge in [-0.3, -0.25) is 14.3 Å². The minimum absolute atomic E-state index is 0.00832. The zero-order chi connectivity index (χ0) is 24.5. The smallest absolute Gasteiger partial charge is 0.263 e. The molecule has 0 radical (unpaired) electrons. The molecule has 2 N–H and O–H groups in total. The Bertz CT molecular complexity index is 1370. The average Bonchev–Trinajstić information content (AvgIpc) is 3.22. The second kappa shape index (κ2) is 9.48. The van der Waals surface area contributed by atoms with Crippen molar-refractivity contribution in [1.29, 1.82) is 0 Å². The minimum Gasteiger partial charge on any atom is -0.322 e. The number of carbonyl (C=O) groups excluding carboxylic acids is 2. The van der Waals surface area contributed by atoms with E-state index in [9.17, 15) is 18.0 Å². The van der Waals surface area contributed by atoms with E-state index >= 15 is 0 Å². The highest BCUT2D eigenvalue weighted by Gasteiger charge is 2.23. The van der Waals surface area contributed by atoms with Crippen LogP contribution in [0.2, 0.25) is 5.02 Å². The van der Waals surface area contributed by atoms with Crippen molar-refractivity contribution in [3.63, 3.8) is 0 Å². The summed E-state index contributed by atoms with van der Waals surface area (Å²) in [5, 5.41) is 2.76. The van der Waals surface area contributed by atoms with Crippen LogP contribution in [0.15, 0.2) is 65.6 Å². The Labute approximate surface area is 203 Å². The summed E-state index contributed by atoms with van der Waals surface area (Å²) < 4.78 is 28.7. The van der Waals surface area contributed by atoms with Crippen molar-refractivity contribution >= 4 is 50.5 Å². The maximum Gasteiger partial charge on any atom is 0.263 e. The Hall–Kier alpha value is -3.36. The molecule has 9 heteroatoms. The lowest BCUT2D eigenvalue weighted by atomic mass is 10.1. The number of anilines is 3. The standard InChI is InChI=1S/C25H24ClN3O4S/c1-16-5-6-17(2)22(14-16)28-34(32,33)23-15-18(7-12-21(23)26)25(31)27-19-8-10-20(11-9-19)29-13-3-4-24(29)30/h5-12,14-15,28H,3-4,13H2,1-2H3,(H,27,31). The van der Waals surface area contributed by atoms with E-state index < -0.39 is 15.9 Å². The fourth-order valence-electron chi connectivity index (χ4n) is 3.75. The lowest BCUT2D eigenvalue weighted by molar-refractivity contribution is -0.117. The molecule has 7 nitrogen and oxygen atoms in total. The first-order valence-corrected chi connectivity index (χ1v) is 12.6. The minimum atomic E-state index is -4.03. The van der Waals surface area contributed by atoms with Crippen LogP contribution in [-0.2, 0) is 14.8 Å². The van der Waals surface area contributed by atoms with Crippen LogP contribution in [0.4, 0.5) is 17.1 Å². The molecule has 1 fully saturated rings. The van der Waals surface area contributed by atoms with Crippen molar-refractivity contribution in [1.82, 2.24) is 0 Å². The van der Waals surface area contributed by atoms with Gasteiger partial charge in [0, 0.05) is 29.9 Å². The number of carbonyl (C=O) groups is 2. The quantitative estimate of drug-likeness (QED) is 0.493. The Morgan fingerprint density at radius 3 is 2.41 bits per heavy atom. The fourth-order valence-corrected chi connectivity index (χ4v) is 5.39. The third-order valence-electron chi connectivity index (χ3n) is 5.63. The van der Waals surface area contributed by atoms with Crippen LogP contribution in [0.1, 0.15) is 34.3 Å². The molecule has 176 valence electrons. The van der Waals surface area contributed by atoms with Gasteiger partial charge in [0.25, 0.3) is 15.9 Å². The van der Waals surface area contributed by atoms with Crippen molar-refractivity contribution in [2.24, 2.45) is 0 Å². The molecular formula is C25H24ClN3O4S. The number of aryl methyl sites for hydroxylation is 2. The summed E-state index contributed by atoms with van der Waals surface area (Å²) in [7, 11) is -4.03. The van der Waals surface area contributed by atoms with E-state index in [1.54, 1.807) is 42.2 Å². The van der Waals surface area contributed by atoms with Gasteiger partial charge in [-0.25, -0.2) is 8.42 Å². The Kier molecular flexibility index (Phi) is 6.63. The molecular weight excluding hydrogens is 474 g/mol. The van der Waals surface area contributed by atoms with Gasteiger partial charge in [-0.05, 0) is 79.9 Å². The summed E-state index contributed by atoms with van der Waals surface area (Å²) in [4.78, 5) is 26.2. The van der Waals surface area contributed by atoms with Gasteiger partial charge in [0.15, 0.2) is 0 Å². The van der Waals surface area contributed by atoms with Gasteiger partial charge in [-0.2, -0.15) is 0 Å². The molecule has 2 amide bonds. The first-order valence-electron chi connectivity index (χ1n) is 10.8. The molecule has 34 heavy (non-hydrogen) atoms. The molecule has 1 saturated heterocycles. The van der Waals surface area contributed by atoms with Crippen LogP contribution in [0, 0.1) is 13.8 Å². The fraction of sp³-hybridized carbons (Fsp3) is 0.200. The summed E-state index contributed by atoms with van der Waals surface area (Å²) >= 11 is 6.19. The third-order valence-corrected chi connectivity index (χ3v) is 7.48.